The monoisotopic (exact) mass is 430 g/mol. The summed E-state index contributed by atoms with van der Waals surface area (Å²) in [4.78, 5) is 13.3. The fraction of sp³-hybridized carbons (Fsp3) is 0.278. The van der Waals surface area contributed by atoms with Gasteiger partial charge < -0.3 is 9.47 Å². The number of piperazine rings is 1. The largest absolute Gasteiger partial charge is 0.338 e. The Kier molecular flexibility index (Phi) is 5.14. The van der Waals surface area contributed by atoms with Gasteiger partial charge in [-0.25, -0.2) is 9.97 Å². The molecule has 0 bridgehead atoms. The average molecular weight is 431 g/mol. The van der Waals surface area contributed by atoms with Crippen LogP contribution in [-0.2, 0) is 6.67 Å². The third kappa shape index (κ3) is 3.72. The van der Waals surface area contributed by atoms with Crippen LogP contribution in [0.4, 0.5) is 5.95 Å². The van der Waals surface area contributed by atoms with Crippen molar-refractivity contribution in [3.8, 4) is 5.69 Å². The molecule has 1 saturated heterocycles. The highest BCUT2D eigenvalue weighted by Crippen LogP contribution is 2.16. The van der Waals surface area contributed by atoms with Gasteiger partial charge in [-0.2, -0.15) is 0 Å². The fourth-order valence-corrected chi connectivity index (χ4v) is 3.63. The smallest absolute Gasteiger partial charge is 0.225 e. The lowest BCUT2D eigenvalue weighted by Gasteiger charge is -2.34. The molecule has 0 N–H and O–H groups in total. The zero-order valence-electron chi connectivity index (χ0n) is 14.2. The topological polar surface area (TPSA) is 42.1 Å². The second-order valence-corrected chi connectivity index (χ2v) is 7.47. The second-order valence-electron chi connectivity index (χ2n) is 6.19. The molecule has 3 aromatic rings. The van der Waals surface area contributed by atoms with Crippen LogP contribution in [0.15, 0.2) is 59.6 Å². The molecule has 6 nitrogen and oxygen atoms in total. The van der Waals surface area contributed by atoms with E-state index in [1.807, 2.05) is 29.0 Å². The van der Waals surface area contributed by atoms with Crippen molar-refractivity contribution in [3.63, 3.8) is 0 Å². The number of hydrogen-bond acceptors (Lipinski definition) is 5. The van der Waals surface area contributed by atoms with Crippen molar-refractivity contribution in [1.29, 1.82) is 0 Å². The molecule has 0 atom stereocenters. The summed E-state index contributed by atoms with van der Waals surface area (Å²) in [7, 11) is 0. The van der Waals surface area contributed by atoms with E-state index in [0.29, 0.717) is 0 Å². The summed E-state index contributed by atoms with van der Waals surface area (Å²) in [5, 5.41) is 0. The van der Waals surface area contributed by atoms with Gasteiger partial charge in [0.2, 0.25) is 5.95 Å². The lowest BCUT2D eigenvalue weighted by molar-refractivity contribution is 0.204. The van der Waals surface area contributed by atoms with E-state index >= 15 is 0 Å². The van der Waals surface area contributed by atoms with E-state index in [4.69, 9.17) is 12.2 Å². The van der Waals surface area contributed by atoms with E-state index in [1.165, 1.54) is 0 Å². The molecule has 0 aliphatic carbocycles. The van der Waals surface area contributed by atoms with Crippen LogP contribution in [0, 0.1) is 4.77 Å². The Balaban J connectivity index is 1.41. The maximum atomic E-state index is 5.67. The number of rotatable bonds is 4. The fourth-order valence-electron chi connectivity index (χ4n) is 3.08. The maximum absolute atomic E-state index is 5.67. The molecule has 26 heavy (non-hydrogen) atoms. The molecule has 8 heteroatoms. The molecule has 1 aromatic carbocycles. The van der Waals surface area contributed by atoms with Crippen molar-refractivity contribution >= 4 is 34.1 Å². The molecule has 1 aliphatic heterocycles. The molecular formula is C18H19BrN6S. The van der Waals surface area contributed by atoms with Crippen molar-refractivity contribution in [2.24, 2.45) is 0 Å². The van der Waals surface area contributed by atoms with Crippen LogP contribution >= 0.6 is 28.1 Å². The van der Waals surface area contributed by atoms with Gasteiger partial charge >= 0.3 is 0 Å². The average Bonchev–Trinajstić information content (AvgIpc) is 3.04. The molecule has 3 heterocycles. The number of aromatic nitrogens is 4. The number of nitrogens with zero attached hydrogens (tertiary/aromatic N) is 6. The summed E-state index contributed by atoms with van der Waals surface area (Å²) >= 11 is 9.13. The van der Waals surface area contributed by atoms with Crippen molar-refractivity contribution in [2.75, 3.05) is 31.1 Å². The summed E-state index contributed by atoms with van der Waals surface area (Å²) in [5.41, 5.74) is 1.07. The Hall–Kier alpha value is -2.03. The van der Waals surface area contributed by atoms with Gasteiger partial charge in [-0.15, -0.1) is 0 Å². The van der Waals surface area contributed by atoms with Crippen molar-refractivity contribution < 1.29 is 0 Å². The Morgan fingerprint density at radius 3 is 2.35 bits per heavy atom. The Morgan fingerprint density at radius 2 is 1.65 bits per heavy atom. The summed E-state index contributed by atoms with van der Waals surface area (Å²) in [6, 6.07) is 10.0. The summed E-state index contributed by atoms with van der Waals surface area (Å²) in [5.74, 6) is 0.810. The first kappa shape index (κ1) is 17.4. The predicted molar refractivity (Wildman–Crippen MR) is 108 cm³/mol. The van der Waals surface area contributed by atoms with Gasteiger partial charge in [0.05, 0.1) is 6.67 Å². The molecule has 4 rings (SSSR count). The molecule has 0 amide bonds. The Morgan fingerprint density at radius 1 is 0.962 bits per heavy atom. The first-order valence-electron chi connectivity index (χ1n) is 8.49. The summed E-state index contributed by atoms with van der Waals surface area (Å²) in [6.07, 6.45) is 7.66. The molecule has 1 fully saturated rings. The molecule has 0 saturated carbocycles. The number of anilines is 1. The normalized spacial score (nSPS) is 15.3. The molecular weight excluding hydrogens is 412 g/mol. The van der Waals surface area contributed by atoms with Crippen LogP contribution in [0.25, 0.3) is 5.69 Å². The van der Waals surface area contributed by atoms with Crippen molar-refractivity contribution in [3.05, 3.63) is 64.4 Å². The lowest BCUT2D eigenvalue weighted by Crippen LogP contribution is -2.47. The molecule has 2 aromatic heterocycles. The lowest BCUT2D eigenvalue weighted by atomic mass is 10.3. The molecule has 0 unspecified atom stereocenters. The van der Waals surface area contributed by atoms with E-state index < -0.39 is 0 Å². The van der Waals surface area contributed by atoms with Gasteiger partial charge in [0.1, 0.15) is 0 Å². The van der Waals surface area contributed by atoms with Crippen LogP contribution in [0.3, 0.4) is 0 Å². The van der Waals surface area contributed by atoms with Crippen molar-refractivity contribution in [2.45, 2.75) is 6.67 Å². The SMILES string of the molecule is S=c1n(CN2CCN(c3ncccn3)CC2)ccn1-c1ccc(Br)cc1. The Bertz CT molecular complexity index is 913. The van der Waals surface area contributed by atoms with Crippen molar-refractivity contribution in [1.82, 2.24) is 24.0 Å². The first-order chi connectivity index (χ1) is 12.7. The highest BCUT2D eigenvalue weighted by Gasteiger charge is 2.19. The number of benzene rings is 1. The number of hydrogen-bond donors (Lipinski definition) is 0. The quantitative estimate of drug-likeness (QED) is 0.593. The van der Waals surface area contributed by atoms with Crippen LogP contribution in [0.5, 0.6) is 0 Å². The van der Waals surface area contributed by atoms with Crippen LogP contribution in [0.2, 0.25) is 0 Å². The van der Waals surface area contributed by atoms with Gasteiger partial charge in [-0.1, -0.05) is 15.9 Å². The van der Waals surface area contributed by atoms with Gasteiger partial charge in [-0.05, 0) is 42.5 Å². The van der Waals surface area contributed by atoms with E-state index in [0.717, 1.165) is 53.7 Å². The van der Waals surface area contributed by atoms with Crippen LogP contribution < -0.4 is 4.90 Å². The van der Waals surface area contributed by atoms with E-state index in [9.17, 15) is 0 Å². The van der Waals surface area contributed by atoms with Gasteiger partial charge in [0.15, 0.2) is 4.77 Å². The van der Waals surface area contributed by atoms with Crippen LogP contribution in [-0.4, -0.2) is 50.2 Å². The third-order valence-electron chi connectivity index (χ3n) is 4.51. The molecule has 1 aliphatic rings. The van der Waals surface area contributed by atoms with Gasteiger partial charge in [0.25, 0.3) is 0 Å². The minimum atomic E-state index is 0.797. The summed E-state index contributed by atoms with van der Waals surface area (Å²) in [6.45, 7) is 4.56. The molecule has 134 valence electrons. The molecule has 0 spiro atoms. The standard InChI is InChI=1S/C18H19BrN6S/c19-15-2-4-16(5-3-15)25-13-12-24(18(25)26)14-22-8-10-23(11-9-22)17-20-6-1-7-21-17/h1-7,12-13H,8-11,14H2. The van der Waals surface area contributed by atoms with Gasteiger partial charge in [-0.3, -0.25) is 9.47 Å². The highest BCUT2D eigenvalue weighted by atomic mass is 79.9. The van der Waals surface area contributed by atoms with Crippen LogP contribution in [0.1, 0.15) is 0 Å². The van der Waals surface area contributed by atoms with E-state index in [-0.39, 0.29) is 0 Å². The Labute approximate surface area is 165 Å². The zero-order valence-corrected chi connectivity index (χ0v) is 16.6. The minimum Gasteiger partial charge on any atom is -0.338 e. The zero-order chi connectivity index (χ0) is 17.9. The van der Waals surface area contributed by atoms with Gasteiger partial charge in [0, 0.05) is 61.1 Å². The van der Waals surface area contributed by atoms with E-state index in [1.54, 1.807) is 12.4 Å². The predicted octanol–water partition coefficient (Wildman–Crippen LogP) is 3.34. The second kappa shape index (κ2) is 7.69. The highest BCUT2D eigenvalue weighted by molar-refractivity contribution is 9.10. The third-order valence-corrected chi connectivity index (χ3v) is 5.47. The van der Waals surface area contributed by atoms with E-state index in [2.05, 4.69) is 58.6 Å². The maximum Gasteiger partial charge on any atom is 0.225 e. The molecule has 0 radical (unpaired) electrons. The minimum absolute atomic E-state index is 0.797. The first-order valence-corrected chi connectivity index (χ1v) is 9.69. The summed E-state index contributed by atoms with van der Waals surface area (Å²) < 4.78 is 6.02. The number of imidazole rings is 1. The number of halogens is 1.